The fraction of sp³-hybridized carbons (Fsp3) is 0.0476. The van der Waals surface area contributed by atoms with Gasteiger partial charge in [0.15, 0.2) is 0 Å². The molecule has 1 amide bonds. The molecule has 0 saturated carbocycles. The minimum atomic E-state index is -0.223. The molecule has 27 heavy (non-hydrogen) atoms. The zero-order valence-corrected chi connectivity index (χ0v) is 15.9. The third-order valence-corrected chi connectivity index (χ3v) is 4.50. The van der Waals surface area contributed by atoms with Gasteiger partial charge in [-0.3, -0.25) is 4.79 Å². The lowest BCUT2D eigenvalue weighted by Crippen LogP contribution is -2.13. The quantitative estimate of drug-likeness (QED) is 0.496. The van der Waals surface area contributed by atoms with Crippen molar-refractivity contribution in [2.45, 2.75) is 6.61 Å². The molecule has 0 saturated heterocycles. The Labute approximate surface area is 164 Å². The molecular weight excluding hydrogens is 406 g/mol. The van der Waals surface area contributed by atoms with E-state index in [-0.39, 0.29) is 12.5 Å². The van der Waals surface area contributed by atoms with Crippen LogP contribution in [0.4, 0.5) is 5.69 Å². The third kappa shape index (κ3) is 4.01. The number of halogens is 1. The van der Waals surface area contributed by atoms with Gasteiger partial charge in [0.25, 0.3) is 5.91 Å². The predicted octanol–water partition coefficient (Wildman–Crippen LogP) is 4.93. The maximum Gasteiger partial charge on any atom is 0.259 e. The van der Waals surface area contributed by atoms with Gasteiger partial charge in [-0.05, 0) is 42.5 Å². The molecule has 134 valence electrons. The zero-order valence-electron chi connectivity index (χ0n) is 14.3. The van der Waals surface area contributed by atoms with Gasteiger partial charge in [0, 0.05) is 22.6 Å². The summed E-state index contributed by atoms with van der Waals surface area (Å²) in [6.45, 7) is 0.281. The molecule has 0 unspecified atom stereocenters. The summed E-state index contributed by atoms with van der Waals surface area (Å²) in [7, 11) is 0. The first-order valence-electron chi connectivity index (χ1n) is 8.40. The van der Waals surface area contributed by atoms with E-state index in [1.165, 1.54) is 0 Å². The summed E-state index contributed by atoms with van der Waals surface area (Å²) < 4.78 is 8.72. The second kappa shape index (κ2) is 7.63. The van der Waals surface area contributed by atoms with Crippen LogP contribution < -0.4 is 10.1 Å². The van der Waals surface area contributed by atoms with E-state index >= 15 is 0 Å². The highest BCUT2D eigenvalue weighted by Crippen LogP contribution is 2.22. The first kappa shape index (κ1) is 17.3. The van der Waals surface area contributed by atoms with Crippen molar-refractivity contribution in [2.24, 2.45) is 0 Å². The van der Waals surface area contributed by atoms with Gasteiger partial charge < -0.3 is 14.5 Å². The largest absolute Gasteiger partial charge is 0.486 e. The molecule has 2 heterocycles. The van der Waals surface area contributed by atoms with Gasteiger partial charge in [-0.2, -0.15) is 0 Å². The van der Waals surface area contributed by atoms with E-state index in [1.54, 1.807) is 12.1 Å². The molecule has 0 atom stereocenters. The number of imidazole rings is 1. The Kier molecular flexibility index (Phi) is 4.89. The van der Waals surface area contributed by atoms with Crippen LogP contribution in [0.25, 0.3) is 5.65 Å². The predicted molar refractivity (Wildman–Crippen MR) is 108 cm³/mol. The number of benzene rings is 2. The van der Waals surface area contributed by atoms with Crippen molar-refractivity contribution in [3.8, 4) is 5.75 Å². The van der Waals surface area contributed by atoms with Crippen molar-refractivity contribution in [1.82, 2.24) is 9.38 Å². The molecule has 0 bridgehead atoms. The second-order valence-electron chi connectivity index (χ2n) is 5.95. The van der Waals surface area contributed by atoms with Crippen LogP contribution in [0.3, 0.4) is 0 Å². The van der Waals surface area contributed by atoms with Crippen LogP contribution in [0.5, 0.6) is 5.75 Å². The SMILES string of the molecule is O=C(Nc1cccc(Br)c1)c1ccccc1OCc1cn2ccccc2n1. The summed E-state index contributed by atoms with van der Waals surface area (Å²) in [6.07, 6.45) is 3.85. The average Bonchev–Trinajstić information content (AvgIpc) is 3.09. The molecule has 0 spiro atoms. The number of hydrogen-bond acceptors (Lipinski definition) is 3. The molecule has 4 aromatic rings. The monoisotopic (exact) mass is 421 g/mol. The van der Waals surface area contributed by atoms with E-state index < -0.39 is 0 Å². The number of ether oxygens (including phenoxy) is 1. The zero-order chi connectivity index (χ0) is 18.6. The molecule has 2 aromatic carbocycles. The average molecular weight is 422 g/mol. The number of rotatable bonds is 5. The van der Waals surface area contributed by atoms with Gasteiger partial charge in [-0.25, -0.2) is 4.98 Å². The van der Waals surface area contributed by atoms with E-state index in [4.69, 9.17) is 4.74 Å². The number of aromatic nitrogens is 2. The number of nitrogens with one attached hydrogen (secondary N) is 1. The van der Waals surface area contributed by atoms with Crippen molar-refractivity contribution in [2.75, 3.05) is 5.32 Å². The Morgan fingerprint density at radius 2 is 1.93 bits per heavy atom. The number of hydrogen-bond donors (Lipinski definition) is 1. The second-order valence-corrected chi connectivity index (χ2v) is 6.86. The lowest BCUT2D eigenvalue weighted by molar-refractivity contribution is 0.102. The number of fused-ring (bicyclic) bond motifs is 1. The Morgan fingerprint density at radius 1 is 1.07 bits per heavy atom. The van der Waals surface area contributed by atoms with Crippen LogP contribution in [0, 0.1) is 0 Å². The highest BCUT2D eigenvalue weighted by molar-refractivity contribution is 9.10. The third-order valence-electron chi connectivity index (χ3n) is 4.00. The number of anilines is 1. The van der Waals surface area contributed by atoms with E-state index in [2.05, 4.69) is 26.2 Å². The van der Waals surface area contributed by atoms with Crippen molar-refractivity contribution in [1.29, 1.82) is 0 Å². The van der Waals surface area contributed by atoms with Gasteiger partial charge >= 0.3 is 0 Å². The van der Waals surface area contributed by atoms with Crippen LogP contribution in [-0.2, 0) is 6.61 Å². The maximum atomic E-state index is 12.7. The minimum absolute atomic E-state index is 0.223. The topological polar surface area (TPSA) is 55.6 Å². The van der Waals surface area contributed by atoms with Crippen molar-refractivity contribution in [3.05, 3.63) is 94.9 Å². The van der Waals surface area contributed by atoms with Crippen LogP contribution in [-0.4, -0.2) is 15.3 Å². The van der Waals surface area contributed by atoms with E-state index in [0.29, 0.717) is 17.0 Å². The summed E-state index contributed by atoms with van der Waals surface area (Å²) in [5.74, 6) is 0.292. The van der Waals surface area contributed by atoms with E-state index in [1.807, 2.05) is 71.4 Å². The fourth-order valence-corrected chi connectivity index (χ4v) is 3.15. The Bertz CT molecular complexity index is 1070. The van der Waals surface area contributed by atoms with Crippen LogP contribution in [0.15, 0.2) is 83.6 Å². The number of pyridine rings is 1. The van der Waals surface area contributed by atoms with Crippen molar-refractivity contribution in [3.63, 3.8) is 0 Å². The van der Waals surface area contributed by atoms with E-state index in [0.717, 1.165) is 15.8 Å². The van der Waals surface area contributed by atoms with Crippen LogP contribution >= 0.6 is 15.9 Å². The first-order valence-corrected chi connectivity index (χ1v) is 9.20. The lowest BCUT2D eigenvalue weighted by atomic mass is 10.2. The molecular formula is C21H16BrN3O2. The molecule has 0 aliphatic carbocycles. The molecule has 4 rings (SSSR count). The highest BCUT2D eigenvalue weighted by atomic mass is 79.9. The molecule has 0 aliphatic rings. The summed E-state index contributed by atoms with van der Waals surface area (Å²) in [6, 6.07) is 20.5. The van der Waals surface area contributed by atoms with Crippen molar-refractivity contribution >= 4 is 33.2 Å². The normalized spacial score (nSPS) is 10.7. The summed E-state index contributed by atoms with van der Waals surface area (Å²) >= 11 is 3.40. The molecule has 1 N–H and O–H groups in total. The van der Waals surface area contributed by atoms with Gasteiger partial charge in [0.05, 0.1) is 11.3 Å². The summed E-state index contributed by atoms with van der Waals surface area (Å²) in [5.41, 5.74) is 2.84. The summed E-state index contributed by atoms with van der Waals surface area (Å²) in [5, 5.41) is 2.89. The summed E-state index contributed by atoms with van der Waals surface area (Å²) in [4.78, 5) is 17.2. The van der Waals surface area contributed by atoms with Crippen LogP contribution in [0.1, 0.15) is 16.1 Å². The molecule has 0 fully saturated rings. The number of para-hydroxylation sites is 1. The molecule has 0 aliphatic heterocycles. The standard InChI is InChI=1S/C21H16BrN3O2/c22-15-6-5-7-16(12-15)24-21(26)18-8-1-2-9-19(18)27-14-17-13-25-11-4-3-10-20(25)23-17/h1-13H,14H2,(H,24,26). The Hall–Kier alpha value is -3.12. The fourth-order valence-electron chi connectivity index (χ4n) is 2.75. The molecule has 6 heteroatoms. The lowest BCUT2D eigenvalue weighted by Gasteiger charge is -2.11. The Balaban J connectivity index is 1.51. The van der Waals surface area contributed by atoms with Gasteiger partial charge in [0.2, 0.25) is 0 Å². The van der Waals surface area contributed by atoms with Gasteiger partial charge in [-0.15, -0.1) is 0 Å². The van der Waals surface area contributed by atoms with Gasteiger partial charge in [0.1, 0.15) is 18.0 Å². The number of carbonyl (C=O) groups is 1. The number of carbonyl (C=O) groups excluding carboxylic acids is 1. The van der Waals surface area contributed by atoms with Crippen LogP contribution in [0.2, 0.25) is 0 Å². The van der Waals surface area contributed by atoms with Gasteiger partial charge in [-0.1, -0.05) is 40.2 Å². The molecule has 0 radical (unpaired) electrons. The molecule has 2 aromatic heterocycles. The maximum absolute atomic E-state index is 12.7. The molecule has 5 nitrogen and oxygen atoms in total. The minimum Gasteiger partial charge on any atom is -0.486 e. The Morgan fingerprint density at radius 3 is 2.78 bits per heavy atom. The van der Waals surface area contributed by atoms with Crippen molar-refractivity contribution < 1.29 is 9.53 Å². The van der Waals surface area contributed by atoms with E-state index in [9.17, 15) is 4.79 Å². The smallest absolute Gasteiger partial charge is 0.259 e. The number of nitrogens with zero attached hydrogens (tertiary/aromatic N) is 2. The first-order chi connectivity index (χ1) is 13.2. The highest BCUT2D eigenvalue weighted by Gasteiger charge is 2.13. The number of amides is 1.